The molecule has 0 amide bonds. The number of hydrogen-bond donors (Lipinski definition) is 0. The maximum Gasteiger partial charge on any atom is 0.225 e. The molecule has 100 valence electrons. The van der Waals surface area contributed by atoms with Gasteiger partial charge in [-0.25, -0.2) is 9.97 Å². The first-order valence-electron chi connectivity index (χ1n) is 7.25. The first kappa shape index (κ1) is 13.3. The van der Waals surface area contributed by atoms with Crippen molar-refractivity contribution >= 4 is 5.95 Å². The zero-order valence-electron chi connectivity index (χ0n) is 11.9. The Morgan fingerprint density at radius 1 is 1.22 bits per heavy atom. The van der Waals surface area contributed by atoms with Gasteiger partial charge in [-0.15, -0.1) is 0 Å². The molecule has 0 spiro atoms. The second-order valence-electron chi connectivity index (χ2n) is 5.83. The van der Waals surface area contributed by atoms with Crippen LogP contribution in [0.3, 0.4) is 0 Å². The molecule has 1 aromatic heterocycles. The normalized spacial score (nSPS) is 17.4. The highest BCUT2D eigenvalue weighted by molar-refractivity contribution is 5.30. The van der Waals surface area contributed by atoms with Gasteiger partial charge in [0.15, 0.2) is 0 Å². The van der Waals surface area contributed by atoms with E-state index < -0.39 is 0 Å². The van der Waals surface area contributed by atoms with Crippen molar-refractivity contribution in [3.05, 3.63) is 18.0 Å². The van der Waals surface area contributed by atoms with Crippen LogP contribution in [0.5, 0.6) is 0 Å². The third-order valence-electron chi connectivity index (χ3n) is 3.81. The average molecular weight is 247 g/mol. The van der Waals surface area contributed by atoms with Crippen LogP contribution in [0.1, 0.15) is 45.6 Å². The molecule has 1 aliphatic rings. The van der Waals surface area contributed by atoms with Gasteiger partial charge < -0.3 is 4.90 Å². The summed E-state index contributed by atoms with van der Waals surface area (Å²) in [7, 11) is 0. The summed E-state index contributed by atoms with van der Waals surface area (Å²) in [4.78, 5) is 11.4. The molecule has 1 fully saturated rings. The zero-order valence-corrected chi connectivity index (χ0v) is 11.9. The highest BCUT2D eigenvalue weighted by Gasteiger charge is 2.19. The highest BCUT2D eigenvalue weighted by atomic mass is 15.2. The molecule has 0 N–H and O–H groups in total. The quantitative estimate of drug-likeness (QED) is 0.817. The summed E-state index contributed by atoms with van der Waals surface area (Å²) >= 11 is 0. The van der Waals surface area contributed by atoms with Crippen molar-refractivity contribution in [3.8, 4) is 0 Å². The number of aromatic nitrogens is 2. The molecule has 2 rings (SSSR count). The number of hydrogen-bond acceptors (Lipinski definition) is 3. The van der Waals surface area contributed by atoms with Gasteiger partial charge in [-0.2, -0.15) is 0 Å². The molecule has 0 aliphatic carbocycles. The maximum atomic E-state index is 4.52. The van der Waals surface area contributed by atoms with Crippen LogP contribution in [-0.4, -0.2) is 23.1 Å². The summed E-state index contributed by atoms with van der Waals surface area (Å²) in [5, 5.41) is 0. The van der Waals surface area contributed by atoms with Gasteiger partial charge >= 0.3 is 0 Å². The molecule has 1 aliphatic heterocycles. The molecule has 1 aromatic rings. The number of rotatable bonds is 4. The van der Waals surface area contributed by atoms with E-state index >= 15 is 0 Å². The Labute approximate surface area is 111 Å². The maximum absolute atomic E-state index is 4.52. The van der Waals surface area contributed by atoms with Crippen LogP contribution in [-0.2, 0) is 6.42 Å². The molecule has 1 saturated heterocycles. The molecule has 3 heteroatoms. The van der Waals surface area contributed by atoms with Crippen molar-refractivity contribution in [1.82, 2.24) is 9.97 Å². The Hall–Kier alpha value is -1.12. The van der Waals surface area contributed by atoms with Crippen LogP contribution in [0, 0.1) is 11.8 Å². The third-order valence-corrected chi connectivity index (χ3v) is 3.81. The van der Waals surface area contributed by atoms with E-state index in [4.69, 9.17) is 0 Å². The number of nitrogens with zero attached hydrogens (tertiary/aromatic N) is 3. The average Bonchev–Trinajstić information content (AvgIpc) is 2.39. The molecule has 0 bridgehead atoms. The van der Waals surface area contributed by atoms with Gasteiger partial charge in [-0.05, 0) is 36.7 Å². The molecule has 3 nitrogen and oxygen atoms in total. The van der Waals surface area contributed by atoms with Crippen LogP contribution in [0.15, 0.2) is 12.4 Å². The lowest BCUT2D eigenvalue weighted by Crippen LogP contribution is -2.34. The van der Waals surface area contributed by atoms with Crippen LogP contribution in [0.4, 0.5) is 5.95 Å². The summed E-state index contributed by atoms with van der Waals surface area (Å²) in [6.07, 6.45) is 8.93. The Bertz CT molecular complexity index is 351. The molecule has 0 aromatic carbocycles. The predicted molar refractivity (Wildman–Crippen MR) is 75.8 cm³/mol. The predicted octanol–water partition coefficient (Wildman–Crippen LogP) is 3.30. The molecular weight excluding hydrogens is 222 g/mol. The van der Waals surface area contributed by atoms with Gasteiger partial charge in [0.25, 0.3) is 0 Å². The molecular formula is C15H25N3. The summed E-state index contributed by atoms with van der Waals surface area (Å²) in [5.41, 5.74) is 1.25. The van der Waals surface area contributed by atoms with Gasteiger partial charge in [-0.3, -0.25) is 0 Å². The van der Waals surface area contributed by atoms with E-state index in [1.54, 1.807) is 0 Å². The lowest BCUT2D eigenvalue weighted by molar-refractivity contribution is 0.392. The molecule has 18 heavy (non-hydrogen) atoms. The van der Waals surface area contributed by atoms with Gasteiger partial charge in [0.2, 0.25) is 5.95 Å². The number of piperidine rings is 1. The van der Waals surface area contributed by atoms with E-state index in [9.17, 15) is 0 Å². The Morgan fingerprint density at radius 3 is 2.33 bits per heavy atom. The topological polar surface area (TPSA) is 29.0 Å². The van der Waals surface area contributed by atoms with Crippen LogP contribution in [0.25, 0.3) is 0 Å². The second kappa shape index (κ2) is 6.17. The van der Waals surface area contributed by atoms with Gasteiger partial charge in [0.05, 0.1) is 0 Å². The second-order valence-corrected chi connectivity index (χ2v) is 5.83. The SMILES string of the molecule is CCC1CCN(c2ncc(CC(C)C)cn2)CC1. The van der Waals surface area contributed by atoms with Crippen molar-refractivity contribution in [2.45, 2.75) is 46.5 Å². The van der Waals surface area contributed by atoms with Crippen molar-refractivity contribution in [1.29, 1.82) is 0 Å². The first-order chi connectivity index (χ1) is 8.69. The van der Waals surface area contributed by atoms with E-state index in [-0.39, 0.29) is 0 Å². The minimum Gasteiger partial charge on any atom is -0.341 e. The van der Waals surface area contributed by atoms with Crippen LogP contribution < -0.4 is 4.90 Å². The fourth-order valence-electron chi connectivity index (χ4n) is 2.63. The molecule has 0 unspecified atom stereocenters. The molecule has 0 radical (unpaired) electrons. The van der Waals surface area contributed by atoms with E-state index in [1.165, 1.54) is 24.8 Å². The van der Waals surface area contributed by atoms with E-state index in [0.29, 0.717) is 5.92 Å². The smallest absolute Gasteiger partial charge is 0.225 e. The Morgan fingerprint density at radius 2 is 1.83 bits per heavy atom. The monoisotopic (exact) mass is 247 g/mol. The zero-order chi connectivity index (χ0) is 13.0. The van der Waals surface area contributed by atoms with Crippen molar-refractivity contribution in [2.24, 2.45) is 11.8 Å². The van der Waals surface area contributed by atoms with Gasteiger partial charge in [-0.1, -0.05) is 27.2 Å². The Kier molecular flexibility index (Phi) is 4.56. The highest BCUT2D eigenvalue weighted by Crippen LogP contribution is 2.22. The largest absolute Gasteiger partial charge is 0.341 e. The van der Waals surface area contributed by atoms with Crippen LogP contribution >= 0.6 is 0 Å². The Balaban J connectivity index is 1.93. The fraction of sp³-hybridized carbons (Fsp3) is 0.733. The van der Waals surface area contributed by atoms with E-state index in [1.807, 2.05) is 12.4 Å². The fourth-order valence-corrected chi connectivity index (χ4v) is 2.63. The van der Waals surface area contributed by atoms with E-state index in [2.05, 4.69) is 35.6 Å². The molecule has 0 saturated carbocycles. The van der Waals surface area contributed by atoms with Crippen molar-refractivity contribution in [2.75, 3.05) is 18.0 Å². The van der Waals surface area contributed by atoms with Gasteiger partial charge in [0.1, 0.15) is 0 Å². The van der Waals surface area contributed by atoms with Crippen molar-refractivity contribution < 1.29 is 0 Å². The summed E-state index contributed by atoms with van der Waals surface area (Å²) in [5.74, 6) is 2.48. The van der Waals surface area contributed by atoms with Crippen LogP contribution in [0.2, 0.25) is 0 Å². The van der Waals surface area contributed by atoms with Gasteiger partial charge in [0, 0.05) is 25.5 Å². The molecule has 0 atom stereocenters. The first-order valence-corrected chi connectivity index (χ1v) is 7.25. The van der Waals surface area contributed by atoms with E-state index in [0.717, 1.165) is 31.4 Å². The lowest BCUT2D eigenvalue weighted by atomic mass is 9.95. The summed E-state index contributed by atoms with van der Waals surface area (Å²) in [6.45, 7) is 8.97. The third kappa shape index (κ3) is 3.44. The minimum absolute atomic E-state index is 0.666. The lowest BCUT2D eigenvalue weighted by Gasteiger charge is -2.31. The van der Waals surface area contributed by atoms with Crippen molar-refractivity contribution in [3.63, 3.8) is 0 Å². The standard InChI is InChI=1S/C15H25N3/c1-4-13-5-7-18(8-6-13)15-16-10-14(11-17-15)9-12(2)3/h10-13H,4-9H2,1-3H3. The summed E-state index contributed by atoms with van der Waals surface area (Å²) in [6, 6.07) is 0. The minimum atomic E-state index is 0.666. The summed E-state index contributed by atoms with van der Waals surface area (Å²) < 4.78 is 0. The molecule has 2 heterocycles. The number of anilines is 1.